The van der Waals surface area contributed by atoms with E-state index in [4.69, 9.17) is 14.2 Å². The second-order valence-corrected chi connectivity index (χ2v) is 9.78. The largest absolute Gasteiger partial charge is 0.382 e. The Bertz CT molecular complexity index is 1040. The van der Waals surface area contributed by atoms with Crippen molar-refractivity contribution in [2.45, 2.75) is 70.8 Å². The minimum Gasteiger partial charge on any atom is -0.382 e. The molecule has 1 atom stereocenters. The first-order chi connectivity index (χ1) is 13.8. The summed E-state index contributed by atoms with van der Waals surface area (Å²) in [5.74, 6) is 1.44. The van der Waals surface area contributed by atoms with Crippen LogP contribution < -0.4 is 5.56 Å². The highest BCUT2D eigenvalue weighted by Crippen LogP contribution is 2.35. The summed E-state index contributed by atoms with van der Waals surface area (Å²) in [5.41, 5.74) is 1.03. The Labute approximate surface area is 178 Å². The molecule has 0 unspecified atom stereocenters. The average molecular weight is 437 g/mol. The molecular weight excluding hydrogens is 408 g/mol. The molecule has 0 aromatic carbocycles. The van der Waals surface area contributed by atoms with E-state index in [9.17, 15) is 4.79 Å². The number of aromatic nitrogens is 4. The highest BCUT2D eigenvalue weighted by molar-refractivity contribution is 7.99. The van der Waals surface area contributed by atoms with Crippen LogP contribution >= 0.6 is 23.1 Å². The van der Waals surface area contributed by atoms with Crippen molar-refractivity contribution in [3.05, 3.63) is 32.5 Å². The van der Waals surface area contributed by atoms with Gasteiger partial charge in [-0.3, -0.25) is 9.36 Å². The fourth-order valence-electron chi connectivity index (χ4n) is 2.92. The van der Waals surface area contributed by atoms with Crippen molar-refractivity contribution in [1.82, 2.24) is 19.7 Å². The van der Waals surface area contributed by atoms with E-state index < -0.39 is 0 Å². The van der Waals surface area contributed by atoms with Crippen molar-refractivity contribution >= 4 is 33.3 Å². The Morgan fingerprint density at radius 2 is 2.00 bits per heavy atom. The summed E-state index contributed by atoms with van der Waals surface area (Å²) in [6, 6.07) is 0. The third-order valence-corrected chi connectivity index (χ3v) is 6.91. The van der Waals surface area contributed by atoms with Crippen molar-refractivity contribution in [3.8, 4) is 0 Å². The van der Waals surface area contributed by atoms with Crippen molar-refractivity contribution < 1.29 is 9.26 Å². The Kier molecular flexibility index (Phi) is 7.13. The quantitative estimate of drug-likeness (QED) is 0.269. The molecule has 158 valence electrons. The Balaban J connectivity index is 1.96. The lowest BCUT2D eigenvalue weighted by Crippen LogP contribution is -2.24. The summed E-state index contributed by atoms with van der Waals surface area (Å²) in [7, 11) is 0. The maximum atomic E-state index is 13.3. The Morgan fingerprint density at radius 1 is 1.24 bits per heavy atom. The first-order valence-electron chi connectivity index (χ1n) is 9.91. The van der Waals surface area contributed by atoms with Crippen LogP contribution in [0.25, 0.3) is 10.2 Å². The summed E-state index contributed by atoms with van der Waals surface area (Å²) < 4.78 is 12.7. The molecular formula is C20H28N4O3S2. The lowest BCUT2D eigenvalue weighted by atomic mass is 10.2. The van der Waals surface area contributed by atoms with Gasteiger partial charge in [-0.1, -0.05) is 30.8 Å². The molecule has 0 aliphatic heterocycles. The molecule has 0 aliphatic carbocycles. The molecule has 0 saturated heterocycles. The van der Waals surface area contributed by atoms with Gasteiger partial charge in [0.2, 0.25) is 5.89 Å². The monoisotopic (exact) mass is 436 g/mol. The van der Waals surface area contributed by atoms with Gasteiger partial charge in [-0.25, -0.2) is 4.98 Å². The van der Waals surface area contributed by atoms with Crippen LogP contribution in [0, 0.1) is 13.8 Å². The second kappa shape index (κ2) is 9.40. The molecule has 0 aliphatic rings. The SMILES string of the molecule is CCOCCCn1c(S[C@H](C)c2nc(C(C)C)no2)nc2sc(C)c(C)c2c1=O. The fraction of sp³-hybridized carbons (Fsp3) is 0.600. The molecule has 0 amide bonds. The number of hydrogen-bond donors (Lipinski definition) is 0. The van der Waals surface area contributed by atoms with Gasteiger partial charge in [0.1, 0.15) is 4.83 Å². The number of aryl methyl sites for hydroxylation is 2. The lowest BCUT2D eigenvalue weighted by Gasteiger charge is -2.14. The predicted octanol–water partition coefficient (Wildman–Crippen LogP) is 4.86. The molecule has 0 N–H and O–H groups in total. The summed E-state index contributed by atoms with van der Waals surface area (Å²) in [4.78, 5) is 24.5. The molecule has 3 aromatic rings. The first kappa shape index (κ1) is 22.0. The zero-order chi connectivity index (χ0) is 21.1. The van der Waals surface area contributed by atoms with Crippen LogP contribution in [0.5, 0.6) is 0 Å². The Morgan fingerprint density at radius 3 is 2.66 bits per heavy atom. The van der Waals surface area contributed by atoms with Gasteiger partial charge in [-0.2, -0.15) is 4.98 Å². The van der Waals surface area contributed by atoms with Crippen molar-refractivity contribution in [3.63, 3.8) is 0 Å². The molecule has 9 heteroatoms. The summed E-state index contributed by atoms with van der Waals surface area (Å²) in [6.07, 6.45) is 0.753. The van der Waals surface area contributed by atoms with Crippen LogP contribution in [0.3, 0.4) is 0 Å². The van der Waals surface area contributed by atoms with Gasteiger partial charge < -0.3 is 9.26 Å². The van der Waals surface area contributed by atoms with Gasteiger partial charge in [0.05, 0.1) is 10.6 Å². The molecule has 3 heterocycles. The van der Waals surface area contributed by atoms with Crippen LogP contribution in [-0.4, -0.2) is 32.9 Å². The van der Waals surface area contributed by atoms with Gasteiger partial charge in [-0.05, 0) is 39.7 Å². The van der Waals surface area contributed by atoms with E-state index in [2.05, 4.69) is 10.1 Å². The zero-order valence-electron chi connectivity index (χ0n) is 17.8. The van der Waals surface area contributed by atoms with Crippen LogP contribution in [0.2, 0.25) is 0 Å². The molecule has 0 spiro atoms. The zero-order valence-corrected chi connectivity index (χ0v) is 19.4. The van der Waals surface area contributed by atoms with E-state index in [0.29, 0.717) is 36.6 Å². The number of fused-ring (bicyclic) bond motifs is 1. The lowest BCUT2D eigenvalue weighted by molar-refractivity contribution is 0.140. The van der Waals surface area contributed by atoms with Gasteiger partial charge in [0.25, 0.3) is 5.56 Å². The number of nitrogens with zero attached hydrogens (tertiary/aromatic N) is 4. The minimum atomic E-state index is -0.111. The number of thiophene rings is 1. The third kappa shape index (κ3) is 4.73. The van der Waals surface area contributed by atoms with E-state index in [1.54, 1.807) is 15.9 Å². The molecule has 0 bridgehead atoms. The van der Waals surface area contributed by atoms with E-state index in [0.717, 1.165) is 27.1 Å². The third-order valence-electron chi connectivity index (χ3n) is 4.73. The van der Waals surface area contributed by atoms with Crippen LogP contribution in [0.15, 0.2) is 14.5 Å². The molecule has 3 aromatic heterocycles. The molecule has 7 nitrogen and oxygen atoms in total. The van der Waals surface area contributed by atoms with Crippen LogP contribution in [-0.2, 0) is 11.3 Å². The highest BCUT2D eigenvalue weighted by atomic mass is 32.2. The van der Waals surface area contributed by atoms with Gasteiger partial charge in [0, 0.05) is 30.6 Å². The van der Waals surface area contributed by atoms with Crippen molar-refractivity contribution in [2.24, 2.45) is 0 Å². The van der Waals surface area contributed by atoms with Crippen molar-refractivity contribution in [2.75, 3.05) is 13.2 Å². The number of rotatable bonds is 9. The number of hydrogen-bond acceptors (Lipinski definition) is 8. The van der Waals surface area contributed by atoms with E-state index in [1.165, 1.54) is 11.8 Å². The molecule has 3 rings (SSSR count). The smallest absolute Gasteiger partial charge is 0.263 e. The first-order valence-corrected chi connectivity index (χ1v) is 11.6. The maximum absolute atomic E-state index is 13.3. The normalized spacial score (nSPS) is 12.9. The van der Waals surface area contributed by atoms with Gasteiger partial charge >= 0.3 is 0 Å². The standard InChI is InChI=1S/C20H28N4O3S2/c1-7-26-10-8-9-24-19(25)15-12(4)13(5)28-18(15)22-20(24)29-14(6)17-21-16(11(2)3)23-27-17/h11,14H,7-10H2,1-6H3/t14-/m1/s1. The molecule has 0 saturated carbocycles. The van der Waals surface area contributed by atoms with E-state index >= 15 is 0 Å². The predicted molar refractivity (Wildman–Crippen MR) is 117 cm³/mol. The maximum Gasteiger partial charge on any atom is 0.263 e. The minimum absolute atomic E-state index is 0.0106. The summed E-state index contributed by atoms with van der Waals surface area (Å²) >= 11 is 3.04. The molecule has 29 heavy (non-hydrogen) atoms. The number of thioether (sulfide) groups is 1. The topological polar surface area (TPSA) is 83.0 Å². The Hall–Kier alpha value is -1.71. The van der Waals surface area contributed by atoms with Gasteiger partial charge in [0.15, 0.2) is 11.0 Å². The molecule has 0 fully saturated rings. The van der Waals surface area contributed by atoms with Crippen LogP contribution in [0.4, 0.5) is 0 Å². The summed E-state index contributed by atoms with van der Waals surface area (Å²) in [5, 5.41) is 5.34. The average Bonchev–Trinajstić information content (AvgIpc) is 3.27. The molecule has 0 radical (unpaired) electrons. The van der Waals surface area contributed by atoms with Crippen LogP contribution in [0.1, 0.15) is 67.4 Å². The second-order valence-electron chi connectivity index (χ2n) is 7.27. The fourth-order valence-corrected chi connectivity index (χ4v) is 4.96. The van der Waals surface area contributed by atoms with Crippen molar-refractivity contribution in [1.29, 1.82) is 0 Å². The number of ether oxygens (including phenoxy) is 1. The van der Waals surface area contributed by atoms with E-state index in [-0.39, 0.29) is 16.7 Å². The van der Waals surface area contributed by atoms with E-state index in [1.807, 2.05) is 41.5 Å². The van der Waals surface area contributed by atoms with Gasteiger partial charge in [-0.15, -0.1) is 11.3 Å². The summed E-state index contributed by atoms with van der Waals surface area (Å²) in [6.45, 7) is 13.9. The highest BCUT2D eigenvalue weighted by Gasteiger charge is 2.22.